The summed E-state index contributed by atoms with van der Waals surface area (Å²) in [5.74, 6) is 1.94. The Morgan fingerprint density at radius 2 is 2.06 bits per heavy atom. The van der Waals surface area contributed by atoms with Gasteiger partial charge in [0.2, 0.25) is 5.75 Å². The first-order chi connectivity index (χ1) is 7.83. The topological polar surface area (TPSA) is 68.3 Å². The summed E-state index contributed by atoms with van der Waals surface area (Å²) in [5.41, 5.74) is 0. The van der Waals surface area contributed by atoms with Crippen LogP contribution in [-0.2, 0) is 4.74 Å². The summed E-state index contributed by atoms with van der Waals surface area (Å²) < 4.78 is 10.5. The summed E-state index contributed by atoms with van der Waals surface area (Å²) in [6.07, 6.45) is 1.48. The Labute approximate surface area is 95.4 Å². The van der Waals surface area contributed by atoms with Crippen LogP contribution in [0.25, 0.3) is 0 Å². The van der Waals surface area contributed by atoms with Crippen molar-refractivity contribution in [2.45, 2.75) is 6.92 Å². The van der Waals surface area contributed by atoms with Crippen molar-refractivity contribution in [2.24, 2.45) is 0 Å². The van der Waals surface area contributed by atoms with E-state index in [9.17, 15) is 0 Å². The van der Waals surface area contributed by atoms with Crippen molar-refractivity contribution in [1.82, 2.24) is 9.97 Å². The minimum absolute atomic E-state index is 0.612. The van der Waals surface area contributed by atoms with Crippen LogP contribution in [0.4, 0.5) is 11.6 Å². The Balaban J connectivity index is 2.63. The number of hydrogen-bond donors (Lipinski definition) is 2. The highest BCUT2D eigenvalue weighted by Gasteiger charge is 2.09. The average Bonchev–Trinajstić information content (AvgIpc) is 2.34. The third-order valence-corrected chi connectivity index (χ3v) is 1.99. The number of aromatic nitrogens is 2. The van der Waals surface area contributed by atoms with Gasteiger partial charge in [-0.3, -0.25) is 0 Å². The van der Waals surface area contributed by atoms with E-state index in [-0.39, 0.29) is 0 Å². The molecule has 1 heterocycles. The van der Waals surface area contributed by atoms with E-state index < -0.39 is 0 Å². The van der Waals surface area contributed by atoms with Crippen molar-refractivity contribution in [3.63, 3.8) is 0 Å². The predicted octanol–water partition coefficient (Wildman–Crippen LogP) is 0.975. The molecule has 0 aliphatic carbocycles. The lowest BCUT2D eigenvalue weighted by atomic mass is 10.4. The number of anilines is 2. The van der Waals surface area contributed by atoms with E-state index in [1.165, 1.54) is 6.33 Å². The molecule has 0 spiro atoms. The number of ether oxygens (including phenoxy) is 2. The second-order valence-electron chi connectivity index (χ2n) is 2.98. The van der Waals surface area contributed by atoms with Gasteiger partial charge in [0.05, 0.1) is 13.7 Å². The van der Waals surface area contributed by atoms with Crippen LogP contribution in [0.3, 0.4) is 0 Å². The molecule has 0 saturated heterocycles. The molecule has 6 nitrogen and oxygen atoms in total. The number of hydrogen-bond acceptors (Lipinski definition) is 6. The fourth-order valence-corrected chi connectivity index (χ4v) is 1.26. The van der Waals surface area contributed by atoms with Gasteiger partial charge in [0.15, 0.2) is 11.6 Å². The molecule has 0 bridgehead atoms. The molecule has 0 aromatic carbocycles. The molecular weight excluding hydrogens is 208 g/mol. The van der Waals surface area contributed by atoms with Gasteiger partial charge in [0.25, 0.3) is 0 Å². The molecule has 0 radical (unpaired) electrons. The molecule has 6 heteroatoms. The van der Waals surface area contributed by atoms with E-state index >= 15 is 0 Å². The lowest BCUT2D eigenvalue weighted by Crippen LogP contribution is -2.12. The molecule has 16 heavy (non-hydrogen) atoms. The summed E-state index contributed by atoms with van der Waals surface area (Å²) in [6, 6.07) is 0. The Bertz CT molecular complexity index is 320. The molecule has 0 amide bonds. The molecular formula is C10H18N4O2. The van der Waals surface area contributed by atoms with Gasteiger partial charge in [-0.2, -0.15) is 0 Å². The highest BCUT2D eigenvalue weighted by atomic mass is 16.5. The van der Waals surface area contributed by atoms with Crippen LogP contribution in [0.1, 0.15) is 6.92 Å². The third kappa shape index (κ3) is 3.23. The molecule has 0 atom stereocenters. The number of nitrogens with one attached hydrogen (secondary N) is 2. The summed E-state index contributed by atoms with van der Waals surface area (Å²) in [4.78, 5) is 8.17. The van der Waals surface area contributed by atoms with Crippen molar-refractivity contribution in [3.8, 4) is 5.75 Å². The Kier molecular flexibility index (Phi) is 5.35. The van der Waals surface area contributed by atoms with Crippen LogP contribution in [0, 0.1) is 0 Å². The second kappa shape index (κ2) is 6.84. The van der Waals surface area contributed by atoms with Crippen molar-refractivity contribution in [3.05, 3.63) is 6.33 Å². The maximum absolute atomic E-state index is 5.23. The molecule has 90 valence electrons. The first-order valence-electron chi connectivity index (χ1n) is 5.21. The minimum Gasteiger partial charge on any atom is -0.490 e. The van der Waals surface area contributed by atoms with Crippen LogP contribution in [0.5, 0.6) is 5.75 Å². The Morgan fingerprint density at radius 1 is 1.31 bits per heavy atom. The van der Waals surface area contributed by atoms with Gasteiger partial charge in [-0.05, 0) is 6.92 Å². The minimum atomic E-state index is 0.612. The molecule has 0 aliphatic heterocycles. The largest absolute Gasteiger partial charge is 0.490 e. The molecule has 1 aromatic heterocycles. The monoisotopic (exact) mass is 226 g/mol. The molecule has 0 aliphatic rings. The predicted molar refractivity (Wildman–Crippen MR) is 63.1 cm³/mol. The van der Waals surface area contributed by atoms with Gasteiger partial charge < -0.3 is 20.1 Å². The van der Waals surface area contributed by atoms with Crippen LogP contribution in [0.15, 0.2) is 6.33 Å². The lowest BCUT2D eigenvalue weighted by Gasteiger charge is -2.12. The smallest absolute Gasteiger partial charge is 0.204 e. The Morgan fingerprint density at radius 3 is 2.69 bits per heavy atom. The van der Waals surface area contributed by atoms with E-state index in [0.717, 1.165) is 0 Å². The number of rotatable bonds is 7. The molecule has 1 rings (SSSR count). The van der Waals surface area contributed by atoms with Gasteiger partial charge >= 0.3 is 0 Å². The number of methoxy groups -OCH3 is 1. The molecule has 0 unspecified atom stereocenters. The molecule has 0 saturated carbocycles. The summed E-state index contributed by atoms with van der Waals surface area (Å²) in [7, 11) is 3.38. The zero-order chi connectivity index (χ0) is 11.8. The first kappa shape index (κ1) is 12.5. The van der Waals surface area contributed by atoms with Gasteiger partial charge in [-0.1, -0.05) is 0 Å². The normalized spacial score (nSPS) is 9.94. The van der Waals surface area contributed by atoms with Crippen LogP contribution in [-0.4, -0.2) is 43.9 Å². The van der Waals surface area contributed by atoms with Gasteiger partial charge in [-0.15, -0.1) is 0 Å². The zero-order valence-electron chi connectivity index (χ0n) is 9.91. The van der Waals surface area contributed by atoms with Crippen LogP contribution < -0.4 is 15.4 Å². The van der Waals surface area contributed by atoms with E-state index in [2.05, 4.69) is 20.6 Å². The standard InChI is InChI=1S/C10H18N4O2/c1-4-16-6-5-12-10-8(15-3)9(11-2)13-7-14-10/h7H,4-6H2,1-3H3,(H2,11,12,13,14). The summed E-state index contributed by atoms with van der Waals surface area (Å²) >= 11 is 0. The van der Waals surface area contributed by atoms with Crippen LogP contribution in [0.2, 0.25) is 0 Å². The zero-order valence-corrected chi connectivity index (χ0v) is 9.91. The van der Waals surface area contributed by atoms with E-state index in [0.29, 0.717) is 37.1 Å². The highest BCUT2D eigenvalue weighted by Crippen LogP contribution is 2.27. The SMILES string of the molecule is CCOCCNc1ncnc(NC)c1OC. The second-order valence-corrected chi connectivity index (χ2v) is 2.98. The van der Waals surface area contributed by atoms with Crippen molar-refractivity contribution >= 4 is 11.6 Å². The van der Waals surface area contributed by atoms with Crippen LogP contribution >= 0.6 is 0 Å². The van der Waals surface area contributed by atoms with E-state index in [4.69, 9.17) is 9.47 Å². The molecule has 0 fully saturated rings. The van der Waals surface area contributed by atoms with Crippen molar-refractivity contribution < 1.29 is 9.47 Å². The number of nitrogens with zero attached hydrogens (tertiary/aromatic N) is 2. The van der Waals surface area contributed by atoms with Gasteiger partial charge in [0.1, 0.15) is 6.33 Å². The van der Waals surface area contributed by atoms with Gasteiger partial charge in [0, 0.05) is 20.2 Å². The maximum Gasteiger partial charge on any atom is 0.204 e. The lowest BCUT2D eigenvalue weighted by molar-refractivity contribution is 0.158. The third-order valence-electron chi connectivity index (χ3n) is 1.99. The van der Waals surface area contributed by atoms with Crippen molar-refractivity contribution in [1.29, 1.82) is 0 Å². The maximum atomic E-state index is 5.23. The van der Waals surface area contributed by atoms with E-state index in [1.54, 1.807) is 14.2 Å². The average molecular weight is 226 g/mol. The highest BCUT2D eigenvalue weighted by molar-refractivity contribution is 5.63. The summed E-state index contributed by atoms with van der Waals surface area (Å²) in [5, 5.41) is 6.07. The quantitative estimate of drug-likeness (QED) is 0.675. The fourth-order valence-electron chi connectivity index (χ4n) is 1.26. The molecule has 1 aromatic rings. The van der Waals surface area contributed by atoms with Crippen molar-refractivity contribution in [2.75, 3.05) is 44.5 Å². The first-order valence-corrected chi connectivity index (χ1v) is 5.21. The fraction of sp³-hybridized carbons (Fsp3) is 0.600. The summed E-state index contributed by atoms with van der Waals surface area (Å²) in [6.45, 7) is 4.00. The Hall–Kier alpha value is -1.56. The molecule has 2 N–H and O–H groups in total. The van der Waals surface area contributed by atoms with Gasteiger partial charge in [-0.25, -0.2) is 9.97 Å². The van der Waals surface area contributed by atoms with E-state index in [1.807, 2.05) is 6.92 Å².